The van der Waals surface area contributed by atoms with E-state index in [-0.39, 0.29) is 0 Å². The summed E-state index contributed by atoms with van der Waals surface area (Å²) in [5.41, 5.74) is 1.27. The van der Waals surface area contributed by atoms with Crippen LogP contribution in [0.3, 0.4) is 0 Å². The van der Waals surface area contributed by atoms with Crippen molar-refractivity contribution in [1.82, 2.24) is 19.7 Å². The first-order valence-electron chi connectivity index (χ1n) is 7.56. The zero-order valence-corrected chi connectivity index (χ0v) is 12.8. The normalized spacial score (nSPS) is 19.2. The number of likely N-dealkylation sites (N-methyl/N-ethyl adjacent to an activating group) is 1. The lowest BCUT2D eigenvalue weighted by Gasteiger charge is -2.38. The van der Waals surface area contributed by atoms with Gasteiger partial charge in [-0.05, 0) is 32.0 Å². The quantitative estimate of drug-likeness (QED) is 0.860. The van der Waals surface area contributed by atoms with Crippen LogP contribution in [0.1, 0.15) is 18.4 Å². The van der Waals surface area contributed by atoms with Gasteiger partial charge < -0.3 is 4.90 Å². The van der Waals surface area contributed by atoms with E-state index in [1.165, 1.54) is 18.4 Å². The van der Waals surface area contributed by atoms with E-state index < -0.39 is 0 Å². The minimum atomic E-state index is 0.570. The number of rotatable bonds is 4. The van der Waals surface area contributed by atoms with E-state index in [4.69, 9.17) is 0 Å². The molecule has 3 rings (SSSR count). The molecule has 0 saturated carbocycles. The van der Waals surface area contributed by atoms with Gasteiger partial charge in [0.2, 0.25) is 0 Å². The fraction of sp³-hybridized carbons (Fsp3) is 0.500. The molecular formula is C16H23N5. The smallest absolute Gasteiger partial charge is 0.128 e. The highest BCUT2D eigenvalue weighted by Gasteiger charge is 2.24. The van der Waals surface area contributed by atoms with Gasteiger partial charge in [0, 0.05) is 50.7 Å². The lowest BCUT2D eigenvalue weighted by atomic mass is 10.0. The molecule has 2 aromatic heterocycles. The number of hydrogen-bond acceptors (Lipinski definition) is 4. The van der Waals surface area contributed by atoms with Crippen LogP contribution in [-0.2, 0) is 13.6 Å². The third kappa shape index (κ3) is 3.42. The highest BCUT2D eigenvalue weighted by molar-refractivity contribution is 5.38. The monoisotopic (exact) mass is 285 g/mol. The number of anilines is 1. The average molecular weight is 285 g/mol. The van der Waals surface area contributed by atoms with Gasteiger partial charge in [-0.15, -0.1) is 0 Å². The Hall–Kier alpha value is -1.88. The van der Waals surface area contributed by atoms with E-state index in [0.717, 1.165) is 25.5 Å². The van der Waals surface area contributed by atoms with E-state index in [0.29, 0.717) is 6.04 Å². The van der Waals surface area contributed by atoms with Crippen LogP contribution in [0.2, 0.25) is 0 Å². The Balaban J connectivity index is 1.62. The summed E-state index contributed by atoms with van der Waals surface area (Å²) in [6.45, 7) is 3.11. The molecule has 1 unspecified atom stereocenters. The molecule has 0 bridgehead atoms. The lowest BCUT2D eigenvalue weighted by Crippen LogP contribution is -2.46. The molecule has 1 saturated heterocycles. The molecule has 0 amide bonds. The molecule has 0 radical (unpaired) electrons. The molecule has 1 aliphatic rings. The average Bonchev–Trinajstić information content (AvgIpc) is 2.93. The maximum atomic E-state index is 4.48. The number of nitrogens with zero attached hydrogens (tertiary/aromatic N) is 5. The summed E-state index contributed by atoms with van der Waals surface area (Å²) in [5.74, 6) is 1.09. The second-order valence-electron chi connectivity index (χ2n) is 5.87. The van der Waals surface area contributed by atoms with Crippen LogP contribution in [0.25, 0.3) is 0 Å². The predicted octanol–water partition coefficient (Wildman–Crippen LogP) is 1.92. The molecule has 5 nitrogen and oxygen atoms in total. The molecule has 3 heterocycles. The van der Waals surface area contributed by atoms with Crippen molar-refractivity contribution >= 4 is 5.82 Å². The molecule has 2 aromatic rings. The van der Waals surface area contributed by atoms with E-state index >= 15 is 0 Å². The molecule has 5 heteroatoms. The standard InChI is InChI=1S/C16H23N5/c1-19(11-14-10-18-20(2)12-14)15-6-5-9-21(13-15)16-7-3-4-8-17-16/h3-4,7-8,10,12,15H,5-6,9,11,13H2,1-2H3. The molecule has 21 heavy (non-hydrogen) atoms. The topological polar surface area (TPSA) is 37.2 Å². The van der Waals surface area contributed by atoms with Crippen LogP contribution in [0.5, 0.6) is 0 Å². The Morgan fingerprint density at radius 2 is 2.29 bits per heavy atom. The Labute approximate surface area is 126 Å². The van der Waals surface area contributed by atoms with Crippen molar-refractivity contribution < 1.29 is 0 Å². The van der Waals surface area contributed by atoms with Gasteiger partial charge in [0.05, 0.1) is 6.20 Å². The van der Waals surface area contributed by atoms with Crippen molar-refractivity contribution in [3.63, 3.8) is 0 Å². The van der Waals surface area contributed by atoms with E-state index in [1.807, 2.05) is 30.2 Å². The molecule has 1 fully saturated rings. The molecular weight excluding hydrogens is 262 g/mol. The SMILES string of the molecule is CN(Cc1cnn(C)c1)C1CCCN(c2ccccn2)C1. The second kappa shape index (κ2) is 6.26. The largest absolute Gasteiger partial charge is 0.355 e. The molecule has 0 aliphatic carbocycles. The van der Waals surface area contributed by atoms with Gasteiger partial charge in [0.15, 0.2) is 0 Å². The number of hydrogen-bond donors (Lipinski definition) is 0. The minimum absolute atomic E-state index is 0.570. The van der Waals surface area contributed by atoms with Crippen molar-refractivity contribution in [2.24, 2.45) is 7.05 Å². The zero-order chi connectivity index (χ0) is 14.7. The molecule has 112 valence electrons. The van der Waals surface area contributed by atoms with Crippen molar-refractivity contribution in [3.8, 4) is 0 Å². The fourth-order valence-electron chi connectivity index (χ4n) is 3.03. The maximum absolute atomic E-state index is 4.48. The zero-order valence-electron chi connectivity index (χ0n) is 12.8. The summed E-state index contributed by atoms with van der Waals surface area (Å²) in [6.07, 6.45) is 8.39. The summed E-state index contributed by atoms with van der Waals surface area (Å²) in [6, 6.07) is 6.70. The molecule has 1 aliphatic heterocycles. The van der Waals surface area contributed by atoms with Gasteiger partial charge in [-0.3, -0.25) is 9.58 Å². The highest BCUT2D eigenvalue weighted by Crippen LogP contribution is 2.21. The number of aromatic nitrogens is 3. The Morgan fingerprint density at radius 1 is 1.38 bits per heavy atom. The fourth-order valence-corrected chi connectivity index (χ4v) is 3.03. The van der Waals surface area contributed by atoms with Crippen molar-refractivity contribution in [2.45, 2.75) is 25.4 Å². The first-order chi connectivity index (χ1) is 10.2. The van der Waals surface area contributed by atoms with Gasteiger partial charge in [-0.2, -0.15) is 5.10 Å². The number of piperidine rings is 1. The first-order valence-corrected chi connectivity index (χ1v) is 7.56. The number of pyridine rings is 1. The van der Waals surface area contributed by atoms with Crippen molar-refractivity contribution in [2.75, 3.05) is 25.0 Å². The van der Waals surface area contributed by atoms with Crippen LogP contribution in [-0.4, -0.2) is 45.8 Å². The van der Waals surface area contributed by atoms with Crippen LogP contribution < -0.4 is 4.90 Å². The molecule has 0 aromatic carbocycles. The van der Waals surface area contributed by atoms with Crippen LogP contribution >= 0.6 is 0 Å². The summed E-state index contributed by atoms with van der Waals surface area (Å²) in [5, 5.41) is 4.25. The third-order valence-corrected chi connectivity index (χ3v) is 4.18. The van der Waals surface area contributed by atoms with Gasteiger partial charge >= 0.3 is 0 Å². The Kier molecular flexibility index (Phi) is 4.20. The van der Waals surface area contributed by atoms with Crippen LogP contribution in [0.4, 0.5) is 5.82 Å². The third-order valence-electron chi connectivity index (χ3n) is 4.18. The van der Waals surface area contributed by atoms with Gasteiger partial charge in [0.25, 0.3) is 0 Å². The Bertz CT molecular complexity index is 565. The van der Waals surface area contributed by atoms with Crippen molar-refractivity contribution in [3.05, 3.63) is 42.4 Å². The predicted molar refractivity (Wildman–Crippen MR) is 84.1 cm³/mol. The van der Waals surface area contributed by atoms with E-state index in [9.17, 15) is 0 Å². The number of aryl methyl sites for hydroxylation is 1. The van der Waals surface area contributed by atoms with Gasteiger partial charge in [-0.1, -0.05) is 6.07 Å². The maximum Gasteiger partial charge on any atom is 0.128 e. The first kappa shape index (κ1) is 14.1. The van der Waals surface area contributed by atoms with Crippen molar-refractivity contribution in [1.29, 1.82) is 0 Å². The van der Waals surface area contributed by atoms with E-state index in [2.05, 4.69) is 45.3 Å². The van der Waals surface area contributed by atoms with Crippen LogP contribution in [0.15, 0.2) is 36.8 Å². The molecule has 1 atom stereocenters. The van der Waals surface area contributed by atoms with Gasteiger partial charge in [0.1, 0.15) is 5.82 Å². The lowest BCUT2D eigenvalue weighted by molar-refractivity contribution is 0.207. The van der Waals surface area contributed by atoms with Crippen LogP contribution in [0, 0.1) is 0 Å². The van der Waals surface area contributed by atoms with E-state index in [1.54, 1.807) is 0 Å². The summed E-state index contributed by atoms with van der Waals surface area (Å²) in [7, 11) is 4.17. The van der Waals surface area contributed by atoms with Gasteiger partial charge in [-0.25, -0.2) is 4.98 Å². The molecule has 0 spiro atoms. The molecule has 0 N–H and O–H groups in total. The Morgan fingerprint density at radius 3 is 3.00 bits per heavy atom. The highest BCUT2D eigenvalue weighted by atomic mass is 15.3. The summed E-state index contributed by atoms with van der Waals surface area (Å²) >= 11 is 0. The second-order valence-corrected chi connectivity index (χ2v) is 5.87. The summed E-state index contributed by atoms with van der Waals surface area (Å²) < 4.78 is 1.87. The summed E-state index contributed by atoms with van der Waals surface area (Å²) in [4.78, 5) is 9.31. The minimum Gasteiger partial charge on any atom is -0.355 e.